The molecule has 2 heterocycles. The molecule has 4 aliphatic rings. The highest BCUT2D eigenvalue weighted by atomic mass is 16.8. The molecule has 1 saturated heterocycles. The number of hydrogen-bond acceptors (Lipinski definition) is 10. The molecule has 0 bridgehead atoms. The molecule has 0 spiro atoms. The van der Waals surface area contributed by atoms with Gasteiger partial charge in [-0.2, -0.15) is 0 Å². The Morgan fingerprint density at radius 3 is 2.58 bits per heavy atom. The Balaban J connectivity index is 1.73. The van der Waals surface area contributed by atoms with E-state index < -0.39 is 30.1 Å². The van der Waals surface area contributed by atoms with Crippen LogP contribution in [0.5, 0.6) is 11.5 Å². The Morgan fingerprint density at radius 2 is 1.88 bits per heavy atom. The van der Waals surface area contributed by atoms with Crippen LogP contribution in [0.2, 0.25) is 0 Å². The van der Waals surface area contributed by atoms with Gasteiger partial charge >= 0.3 is 6.09 Å². The summed E-state index contributed by atoms with van der Waals surface area (Å²) in [5.41, 5.74) is 2.69. The number of unbranched alkanes of at least 4 members (excludes halogenated alkanes) is 2. The number of likely N-dealkylation sites (N-methyl/N-ethyl adjacent to an activating group) is 1. The van der Waals surface area contributed by atoms with Crippen molar-refractivity contribution in [2.45, 2.75) is 95.2 Å². The van der Waals surface area contributed by atoms with Crippen LogP contribution in [0.3, 0.4) is 0 Å². The van der Waals surface area contributed by atoms with Gasteiger partial charge < -0.3 is 43.6 Å². The maximum absolute atomic E-state index is 13.5. The lowest BCUT2D eigenvalue weighted by atomic mass is 9.55. The number of hydrogen-bond donors (Lipinski definition) is 2. The number of amides is 1. The normalized spacial score (nSPS) is 29.1. The fourth-order valence-corrected chi connectivity index (χ4v) is 8.24. The van der Waals surface area contributed by atoms with Gasteiger partial charge in [-0.15, -0.1) is 6.58 Å². The van der Waals surface area contributed by atoms with E-state index in [9.17, 15) is 15.0 Å². The third-order valence-electron chi connectivity index (χ3n) is 10.5. The van der Waals surface area contributed by atoms with Gasteiger partial charge in [0.1, 0.15) is 24.1 Å². The van der Waals surface area contributed by atoms with Gasteiger partial charge in [-0.1, -0.05) is 42.8 Å². The first-order valence-corrected chi connectivity index (χ1v) is 18.4. The van der Waals surface area contributed by atoms with E-state index >= 15 is 0 Å². The van der Waals surface area contributed by atoms with Crippen molar-refractivity contribution in [1.29, 1.82) is 0 Å². The summed E-state index contributed by atoms with van der Waals surface area (Å²) in [7, 11) is 1.72. The molecule has 50 heavy (non-hydrogen) atoms. The van der Waals surface area contributed by atoms with Gasteiger partial charge in [0.2, 0.25) is 12.1 Å². The van der Waals surface area contributed by atoms with Crippen molar-refractivity contribution in [3.63, 3.8) is 0 Å². The molecular weight excluding hydrogens is 640 g/mol. The van der Waals surface area contributed by atoms with E-state index in [1.165, 1.54) is 0 Å². The van der Waals surface area contributed by atoms with Gasteiger partial charge in [0.05, 0.1) is 31.5 Å². The average molecular weight is 697 g/mol. The molecule has 1 aromatic rings. The summed E-state index contributed by atoms with van der Waals surface area (Å²) < 4.78 is 31.4. The average Bonchev–Trinajstić information content (AvgIpc) is 3.13. The first-order valence-electron chi connectivity index (χ1n) is 18.4. The smallest absolute Gasteiger partial charge is 0.409 e. The van der Waals surface area contributed by atoms with Gasteiger partial charge in [0.15, 0.2) is 0 Å². The molecule has 0 radical (unpaired) electrons. The first kappa shape index (κ1) is 37.9. The van der Waals surface area contributed by atoms with Gasteiger partial charge in [0.25, 0.3) is 0 Å². The van der Waals surface area contributed by atoms with Crippen LogP contribution in [0.1, 0.15) is 82.6 Å². The minimum absolute atomic E-state index is 0.118. The second-order valence-electron chi connectivity index (χ2n) is 13.6. The Labute approximate surface area is 296 Å². The third-order valence-corrected chi connectivity index (χ3v) is 10.5. The fourth-order valence-electron chi connectivity index (χ4n) is 8.24. The van der Waals surface area contributed by atoms with E-state index in [1.54, 1.807) is 31.0 Å². The molecule has 1 aromatic carbocycles. The minimum atomic E-state index is -1.33. The number of rotatable bonds is 18. The quantitative estimate of drug-likeness (QED) is 0.100. The molecule has 0 aromatic heterocycles. The fraction of sp³-hybridized carbons (Fsp3) is 0.641. The topological polar surface area (TPSA) is 129 Å². The molecule has 1 saturated carbocycles. The Bertz CT molecular complexity index is 1360. The number of aliphatic hydroxyl groups is 2. The summed E-state index contributed by atoms with van der Waals surface area (Å²) in [5, 5.41) is 24.3. The van der Waals surface area contributed by atoms with Gasteiger partial charge in [-0.25, -0.2) is 4.79 Å². The van der Waals surface area contributed by atoms with E-state index in [0.717, 1.165) is 61.8 Å². The largest absolute Gasteiger partial charge is 0.490 e. The van der Waals surface area contributed by atoms with Crippen molar-refractivity contribution < 1.29 is 43.5 Å². The van der Waals surface area contributed by atoms with Crippen LogP contribution in [-0.2, 0) is 19.0 Å². The highest BCUT2D eigenvalue weighted by Crippen LogP contribution is 2.61. The second-order valence-corrected chi connectivity index (χ2v) is 13.6. The molecule has 2 fully saturated rings. The van der Waals surface area contributed by atoms with Crippen LogP contribution in [0.15, 0.2) is 60.3 Å². The summed E-state index contributed by atoms with van der Waals surface area (Å²) in [6, 6.07) is 5.24. The molecular formula is C39H56N2O9. The number of ether oxygens (including phenoxy) is 5. The predicted octanol–water partition coefficient (Wildman–Crippen LogP) is 6.50. The van der Waals surface area contributed by atoms with Crippen molar-refractivity contribution in [1.82, 2.24) is 4.90 Å². The maximum atomic E-state index is 13.5. The zero-order chi connectivity index (χ0) is 35.5. The number of benzene rings is 1. The van der Waals surface area contributed by atoms with E-state index in [2.05, 4.69) is 25.3 Å². The number of nitrogens with zero attached hydrogens (tertiary/aromatic N) is 2. The van der Waals surface area contributed by atoms with Crippen molar-refractivity contribution >= 4 is 11.8 Å². The number of allylic oxidation sites excluding steroid dienone is 1. The summed E-state index contributed by atoms with van der Waals surface area (Å²) in [6.45, 7) is 11.2. The van der Waals surface area contributed by atoms with E-state index in [1.807, 2.05) is 12.1 Å². The Morgan fingerprint density at radius 1 is 1.10 bits per heavy atom. The van der Waals surface area contributed by atoms with Crippen LogP contribution in [-0.4, -0.2) is 91.7 Å². The lowest BCUT2D eigenvalue weighted by Gasteiger charge is -2.59. The van der Waals surface area contributed by atoms with Crippen molar-refractivity contribution in [2.75, 3.05) is 46.7 Å². The Hall–Kier alpha value is -3.38. The molecule has 7 unspecified atom stereocenters. The van der Waals surface area contributed by atoms with Crippen molar-refractivity contribution in [2.24, 2.45) is 22.9 Å². The monoisotopic (exact) mass is 696 g/mol. The van der Waals surface area contributed by atoms with Crippen LogP contribution in [0.25, 0.3) is 0 Å². The second kappa shape index (κ2) is 18.2. The lowest BCUT2D eigenvalue weighted by Crippen LogP contribution is -2.69. The van der Waals surface area contributed by atoms with E-state index in [4.69, 9.17) is 33.7 Å². The molecule has 276 valence electrons. The minimum Gasteiger partial charge on any atom is -0.490 e. The molecule has 11 heteroatoms. The van der Waals surface area contributed by atoms with E-state index in [-0.39, 0.29) is 44.2 Å². The molecule has 1 amide bonds. The lowest BCUT2D eigenvalue weighted by molar-refractivity contribution is -0.254. The number of aliphatic hydroxyl groups excluding tert-OH is 2. The van der Waals surface area contributed by atoms with E-state index in [0.29, 0.717) is 44.0 Å². The Kier molecular flexibility index (Phi) is 13.8. The molecule has 5 rings (SSSR count). The standard InChI is InChI=1S/C39H56N2O9/c1-5-21-46-28-17-18-33-31(25-28)36-29(15-9-12-20-43)27(14-8-11-19-42)24-30-32(40-50-35-16-10-13-23-47-35)26-34(41(4)38(44)45-7-3)39(49-33,37(30)36)48-22-6-2/h5-6,17-18,24-25,27,29,34-37,42-43H,1-2,7-16,19-23,26H2,3-4H3. The summed E-state index contributed by atoms with van der Waals surface area (Å²) in [5.74, 6) is -0.240. The number of oxime groups is 1. The molecule has 7 atom stereocenters. The zero-order valence-electron chi connectivity index (χ0n) is 29.8. The van der Waals surface area contributed by atoms with Crippen LogP contribution in [0, 0.1) is 17.8 Å². The number of carbonyl (C=O) groups excluding carboxylic acids is 1. The van der Waals surface area contributed by atoms with Gasteiger partial charge in [0, 0.05) is 44.6 Å². The molecule has 11 nitrogen and oxygen atoms in total. The van der Waals surface area contributed by atoms with Gasteiger partial charge in [-0.05, 0) is 81.1 Å². The molecule has 2 aliphatic carbocycles. The highest BCUT2D eigenvalue weighted by Gasteiger charge is 2.65. The van der Waals surface area contributed by atoms with Crippen molar-refractivity contribution in [3.8, 4) is 11.5 Å². The summed E-state index contributed by atoms with van der Waals surface area (Å²) in [6.07, 6.45) is 12.7. The van der Waals surface area contributed by atoms with Crippen LogP contribution < -0.4 is 9.47 Å². The summed E-state index contributed by atoms with van der Waals surface area (Å²) in [4.78, 5) is 21.2. The first-order chi connectivity index (χ1) is 24.4. The molecule has 2 N–H and O–H groups in total. The van der Waals surface area contributed by atoms with Gasteiger partial charge in [-0.3, -0.25) is 0 Å². The number of fused-ring (bicyclic) bond motifs is 2. The zero-order valence-corrected chi connectivity index (χ0v) is 29.8. The van der Waals surface area contributed by atoms with Crippen LogP contribution >= 0.6 is 0 Å². The van der Waals surface area contributed by atoms with Crippen molar-refractivity contribution in [3.05, 3.63) is 60.7 Å². The number of carbonyl (C=O) groups is 1. The highest BCUT2D eigenvalue weighted by molar-refractivity contribution is 6.02. The molecule has 2 aliphatic heterocycles. The maximum Gasteiger partial charge on any atom is 0.409 e. The summed E-state index contributed by atoms with van der Waals surface area (Å²) >= 11 is 0. The van der Waals surface area contributed by atoms with Crippen LogP contribution in [0.4, 0.5) is 4.79 Å². The SMILES string of the molecule is C=CCOc1ccc2c(c1)C1C(CCCCO)C(CCCCO)C=C3C(=NOC4CCCCO4)CC(N(C)C(=O)OCC)C(OCC=C)(O2)C31. The predicted molar refractivity (Wildman–Crippen MR) is 190 cm³/mol. The third kappa shape index (κ3) is 8.22.